The number of halogens is 3. The molecule has 1 aromatic heterocycles. The van der Waals surface area contributed by atoms with Gasteiger partial charge < -0.3 is 10.6 Å². The topological polar surface area (TPSA) is 55.0 Å². The fourth-order valence-corrected chi connectivity index (χ4v) is 2.66. The monoisotopic (exact) mass is 280 g/mol. The Morgan fingerprint density at radius 2 is 1.94 bits per heavy atom. The second-order valence-corrected chi connectivity index (χ2v) is 5.85. The molecular formula is C10H15F3N4S. The SMILES string of the molecule is CC1(CN)CCN(c2nnc(C(F)(F)F)s2)CC1. The van der Waals surface area contributed by atoms with E-state index in [0.717, 1.165) is 12.8 Å². The van der Waals surface area contributed by atoms with Gasteiger partial charge in [0.15, 0.2) is 0 Å². The molecule has 2 heterocycles. The van der Waals surface area contributed by atoms with Gasteiger partial charge in [0.1, 0.15) is 0 Å². The third-order valence-electron chi connectivity index (χ3n) is 3.39. The minimum atomic E-state index is -4.41. The minimum absolute atomic E-state index is 0.0913. The van der Waals surface area contributed by atoms with Crippen molar-refractivity contribution in [3.05, 3.63) is 5.01 Å². The lowest BCUT2D eigenvalue weighted by Crippen LogP contribution is -2.42. The highest BCUT2D eigenvalue weighted by Crippen LogP contribution is 2.37. The lowest BCUT2D eigenvalue weighted by molar-refractivity contribution is -0.138. The molecule has 1 aliphatic heterocycles. The molecule has 1 aromatic rings. The molecule has 2 N–H and O–H groups in total. The number of piperidine rings is 1. The predicted molar refractivity (Wildman–Crippen MR) is 63.5 cm³/mol. The Bertz CT molecular complexity index is 410. The van der Waals surface area contributed by atoms with Crippen LogP contribution in [0.3, 0.4) is 0 Å². The first-order valence-electron chi connectivity index (χ1n) is 5.70. The van der Waals surface area contributed by atoms with Crippen LogP contribution in [0.15, 0.2) is 0 Å². The van der Waals surface area contributed by atoms with Crippen LogP contribution < -0.4 is 10.6 Å². The van der Waals surface area contributed by atoms with Crippen LogP contribution in [0, 0.1) is 5.41 Å². The molecular weight excluding hydrogens is 265 g/mol. The molecule has 8 heteroatoms. The number of aromatic nitrogens is 2. The molecule has 1 fully saturated rings. The Balaban J connectivity index is 2.04. The van der Waals surface area contributed by atoms with E-state index in [1.807, 2.05) is 4.90 Å². The van der Waals surface area contributed by atoms with Crippen LogP contribution in [0.2, 0.25) is 0 Å². The van der Waals surface area contributed by atoms with Gasteiger partial charge in [-0.1, -0.05) is 18.3 Å². The molecule has 0 aliphatic carbocycles. The summed E-state index contributed by atoms with van der Waals surface area (Å²) in [7, 11) is 0. The van der Waals surface area contributed by atoms with Crippen molar-refractivity contribution < 1.29 is 13.2 Å². The van der Waals surface area contributed by atoms with Crippen molar-refractivity contribution >= 4 is 16.5 Å². The summed E-state index contributed by atoms with van der Waals surface area (Å²) < 4.78 is 37.3. The highest BCUT2D eigenvalue weighted by atomic mass is 32.1. The first-order chi connectivity index (χ1) is 8.34. The fraction of sp³-hybridized carbons (Fsp3) is 0.800. The number of nitrogens with zero attached hydrogens (tertiary/aromatic N) is 3. The summed E-state index contributed by atoms with van der Waals surface area (Å²) in [5.41, 5.74) is 5.78. The van der Waals surface area contributed by atoms with Crippen LogP contribution in [0.1, 0.15) is 24.8 Å². The predicted octanol–water partition coefficient (Wildman–Crippen LogP) is 2.12. The number of anilines is 1. The van der Waals surface area contributed by atoms with E-state index in [0.29, 0.717) is 36.1 Å². The highest BCUT2D eigenvalue weighted by Gasteiger charge is 2.37. The number of hydrogen-bond donors (Lipinski definition) is 1. The number of nitrogens with two attached hydrogens (primary N) is 1. The van der Waals surface area contributed by atoms with Gasteiger partial charge in [0.05, 0.1) is 0 Å². The van der Waals surface area contributed by atoms with Crippen molar-refractivity contribution in [3.8, 4) is 0 Å². The number of rotatable bonds is 2. The maximum Gasteiger partial charge on any atom is 0.445 e. The maximum atomic E-state index is 12.4. The molecule has 0 atom stereocenters. The van der Waals surface area contributed by atoms with Crippen LogP contribution in [-0.4, -0.2) is 29.8 Å². The van der Waals surface area contributed by atoms with Crippen LogP contribution >= 0.6 is 11.3 Å². The Labute approximate surface area is 107 Å². The highest BCUT2D eigenvalue weighted by molar-refractivity contribution is 7.15. The van der Waals surface area contributed by atoms with E-state index in [1.54, 1.807) is 0 Å². The molecule has 0 aromatic carbocycles. The summed E-state index contributed by atoms with van der Waals surface area (Å²) in [5.74, 6) is 0. The molecule has 0 saturated carbocycles. The molecule has 2 rings (SSSR count). The van der Waals surface area contributed by atoms with Crippen molar-refractivity contribution in [2.24, 2.45) is 11.1 Å². The summed E-state index contributed by atoms with van der Waals surface area (Å²) in [5, 5.41) is 6.28. The van der Waals surface area contributed by atoms with Crippen molar-refractivity contribution in [2.75, 3.05) is 24.5 Å². The Hall–Kier alpha value is -0.890. The van der Waals surface area contributed by atoms with Gasteiger partial charge in [-0.15, -0.1) is 10.2 Å². The molecule has 0 radical (unpaired) electrons. The Morgan fingerprint density at radius 3 is 2.39 bits per heavy atom. The summed E-state index contributed by atoms with van der Waals surface area (Å²) in [6.07, 6.45) is -2.67. The standard InChI is InChI=1S/C10H15F3N4S/c1-9(6-14)2-4-17(5-3-9)8-16-15-7(18-8)10(11,12)13/h2-6,14H2,1H3. The number of hydrogen-bond acceptors (Lipinski definition) is 5. The van der Waals surface area contributed by atoms with E-state index in [1.165, 1.54) is 0 Å². The van der Waals surface area contributed by atoms with Gasteiger partial charge >= 0.3 is 6.18 Å². The Kier molecular flexibility index (Phi) is 3.50. The molecule has 1 aliphatic rings. The Morgan fingerprint density at radius 1 is 1.33 bits per heavy atom. The van der Waals surface area contributed by atoms with Crippen LogP contribution in [0.25, 0.3) is 0 Å². The van der Waals surface area contributed by atoms with Crippen LogP contribution in [0.4, 0.5) is 18.3 Å². The zero-order valence-corrected chi connectivity index (χ0v) is 10.8. The fourth-order valence-electron chi connectivity index (χ4n) is 1.90. The van der Waals surface area contributed by atoms with Gasteiger partial charge in [-0.3, -0.25) is 0 Å². The quantitative estimate of drug-likeness (QED) is 0.901. The summed E-state index contributed by atoms with van der Waals surface area (Å²) >= 11 is 0.602. The summed E-state index contributed by atoms with van der Waals surface area (Å²) in [6.45, 7) is 4.07. The first kappa shape index (κ1) is 13.5. The average molecular weight is 280 g/mol. The molecule has 0 spiro atoms. The average Bonchev–Trinajstić information content (AvgIpc) is 2.79. The molecule has 0 unspecified atom stereocenters. The van der Waals surface area contributed by atoms with E-state index in [-0.39, 0.29) is 5.41 Å². The summed E-state index contributed by atoms with van der Waals surface area (Å²) in [6, 6.07) is 0. The number of alkyl halides is 3. The molecule has 0 amide bonds. The van der Waals surface area contributed by atoms with Crippen LogP contribution in [0.5, 0.6) is 0 Å². The van der Waals surface area contributed by atoms with E-state index in [9.17, 15) is 13.2 Å². The zero-order valence-electron chi connectivity index (χ0n) is 10.00. The van der Waals surface area contributed by atoms with E-state index >= 15 is 0 Å². The second-order valence-electron chi connectivity index (χ2n) is 4.89. The van der Waals surface area contributed by atoms with E-state index in [2.05, 4.69) is 17.1 Å². The lowest BCUT2D eigenvalue weighted by Gasteiger charge is -2.38. The van der Waals surface area contributed by atoms with Gasteiger partial charge in [-0.25, -0.2) is 0 Å². The normalized spacial score (nSPS) is 20.2. The molecule has 18 heavy (non-hydrogen) atoms. The molecule has 1 saturated heterocycles. The van der Waals surface area contributed by atoms with Crippen molar-refractivity contribution in [3.63, 3.8) is 0 Å². The second kappa shape index (κ2) is 4.65. The van der Waals surface area contributed by atoms with Crippen LogP contribution in [-0.2, 0) is 6.18 Å². The van der Waals surface area contributed by atoms with Gasteiger partial charge in [0.25, 0.3) is 0 Å². The van der Waals surface area contributed by atoms with E-state index < -0.39 is 11.2 Å². The maximum absolute atomic E-state index is 12.4. The molecule has 4 nitrogen and oxygen atoms in total. The first-order valence-corrected chi connectivity index (χ1v) is 6.51. The van der Waals surface area contributed by atoms with Gasteiger partial charge in [-0.05, 0) is 24.8 Å². The van der Waals surface area contributed by atoms with Gasteiger partial charge in [0, 0.05) is 13.1 Å². The van der Waals surface area contributed by atoms with Crippen molar-refractivity contribution in [1.82, 2.24) is 10.2 Å². The van der Waals surface area contributed by atoms with E-state index in [4.69, 9.17) is 5.73 Å². The largest absolute Gasteiger partial charge is 0.445 e. The third kappa shape index (κ3) is 2.74. The smallest absolute Gasteiger partial charge is 0.347 e. The van der Waals surface area contributed by atoms with Gasteiger partial charge in [-0.2, -0.15) is 13.2 Å². The third-order valence-corrected chi connectivity index (χ3v) is 4.42. The van der Waals surface area contributed by atoms with Crippen molar-refractivity contribution in [2.45, 2.75) is 25.9 Å². The summed E-state index contributed by atoms with van der Waals surface area (Å²) in [4.78, 5) is 1.85. The minimum Gasteiger partial charge on any atom is -0.347 e. The van der Waals surface area contributed by atoms with Gasteiger partial charge in [0.2, 0.25) is 10.1 Å². The molecule has 102 valence electrons. The molecule has 0 bridgehead atoms. The lowest BCUT2D eigenvalue weighted by atomic mass is 9.81. The zero-order chi connectivity index (χ0) is 13.4. The van der Waals surface area contributed by atoms with Crippen molar-refractivity contribution in [1.29, 1.82) is 0 Å².